The Morgan fingerprint density at radius 2 is 1.54 bits per heavy atom. The molecule has 0 radical (unpaired) electrons. The molecule has 3 saturated heterocycles. The smallest absolute Gasteiger partial charge is 0.311 e. The lowest BCUT2D eigenvalue weighted by Gasteiger charge is -2.49. The van der Waals surface area contributed by atoms with Crippen molar-refractivity contribution < 1.29 is 64.0 Å². The number of aliphatic hydroxyl groups excluding tert-OH is 3. The van der Waals surface area contributed by atoms with Crippen molar-refractivity contribution in [3.05, 3.63) is 0 Å². The minimum Gasteiger partial charge on any atom is -0.459 e. The number of hydrogen-bond donors (Lipinski definition) is 6. The summed E-state index contributed by atoms with van der Waals surface area (Å²) in [4.78, 5) is 16.0. The van der Waals surface area contributed by atoms with Crippen molar-refractivity contribution in [2.75, 3.05) is 21.2 Å². The van der Waals surface area contributed by atoms with Crippen molar-refractivity contribution in [2.24, 2.45) is 28.8 Å². The molecule has 0 bridgehead atoms. The van der Waals surface area contributed by atoms with Crippen LogP contribution in [0.3, 0.4) is 0 Å². The molecule has 0 aromatic heterocycles. The normalized spacial score (nSPS) is 49.8. The maximum atomic E-state index is 14.1. The van der Waals surface area contributed by atoms with E-state index < -0.39 is 102 Å². The van der Waals surface area contributed by atoms with Crippen molar-refractivity contribution >= 4 is 11.7 Å². The Labute approximate surface area is 309 Å². The predicted octanol–water partition coefficient (Wildman–Crippen LogP) is 2.05. The van der Waals surface area contributed by atoms with E-state index in [4.69, 9.17) is 28.4 Å². The quantitative estimate of drug-likeness (QED) is 0.125. The number of nitrogens with zero attached hydrogens (tertiary/aromatic N) is 2. The van der Waals surface area contributed by atoms with Crippen LogP contribution in [-0.2, 0) is 33.2 Å². The Morgan fingerprint density at radius 3 is 2.08 bits per heavy atom. The summed E-state index contributed by atoms with van der Waals surface area (Å²) in [5, 5.41) is 71.8. The van der Waals surface area contributed by atoms with Gasteiger partial charge in [-0.25, -0.2) is 0 Å². The van der Waals surface area contributed by atoms with Gasteiger partial charge < -0.3 is 64.1 Å². The van der Waals surface area contributed by atoms with Gasteiger partial charge in [0.05, 0.1) is 53.4 Å². The highest BCUT2D eigenvalue weighted by Crippen LogP contribution is 2.41. The van der Waals surface area contributed by atoms with Gasteiger partial charge in [-0.15, -0.1) is 0 Å². The number of aliphatic hydroxyl groups is 5. The van der Waals surface area contributed by atoms with Gasteiger partial charge in [-0.1, -0.05) is 32.9 Å². The minimum absolute atomic E-state index is 0.0657. The van der Waals surface area contributed by atoms with E-state index >= 15 is 0 Å². The molecule has 0 aromatic rings. The molecule has 18 atom stereocenters. The molecule has 304 valence electrons. The van der Waals surface area contributed by atoms with Crippen LogP contribution in [-0.4, -0.2) is 153 Å². The molecule has 0 amide bonds. The molecule has 3 heterocycles. The first kappa shape index (κ1) is 44.9. The van der Waals surface area contributed by atoms with E-state index in [1.165, 1.54) is 14.0 Å². The van der Waals surface area contributed by atoms with Crippen molar-refractivity contribution in [3.63, 3.8) is 0 Å². The second-order valence-corrected chi connectivity index (χ2v) is 16.6. The van der Waals surface area contributed by atoms with Crippen LogP contribution >= 0.6 is 0 Å². The van der Waals surface area contributed by atoms with Gasteiger partial charge in [0.15, 0.2) is 12.6 Å². The number of esters is 1. The second-order valence-electron chi connectivity index (χ2n) is 16.6. The average molecular weight is 749 g/mol. The van der Waals surface area contributed by atoms with Crippen LogP contribution in [0, 0.1) is 23.7 Å². The number of oxime groups is 1. The van der Waals surface area contributed by atoms with E-state index in [2.05, 4.69) is 5.16 Å². The Hall–Kier alpha value is -1.50. The van der Waals surface area contributed by atoms with Gasteiger partial charge >= 0.3 is 5.97 Å². The van der Waals surface area contributed by atoms with Gasteiger partial charge in [-0.3, -0.25) is 4.79 Å². The maximum Gasteiger partial charge on any atom is 0.311 e. The van der Waals surface area contributed by atoms with E-state index in [1.54, 1.807) is 55.4 Å². The molecule has 0 aliphatic carbocycles. The molecule has 0 saturated carbocycles. The first-order valence-corrected chi connectivity index (χ1v) is 18.7. The van der Waals surface area contributed by atoms with Crippen LogP contribution in [0.5, 0.6) is 0 Å². The van der Waals surface area contributed by atoms with Gasteiger partial charge in [0.25, 0.3) is 0 Å². The molecule has 0 aromatic carbocycles. The number of ether oxygens (including phenoxy) is 6. The molecule has 52 heavy (non-hydrogen) atoms. The zero-order valence-corrected chi connectivity index (χ0v) is 33.4. The van der Waals surface area contributed by atoms with Crippen LogP contribution in [0.25, 0.3) is 0 Å². The first-order chi connectivity index (χ1) is 24.0. The predicted molar refractivity (Wildman–Crippen MR) is 190 cm³/mol. The summed E-state index contributed by atoms with van der Waals surface area (Å²) in [6.45, 7) is 16.6. The lowest BCUT2D eigenvalue weighted by molar-refractivity contribution is -0.317. The van der Waals surface area contributed by atoms with Gasteiger partial charge in [-0.2, -0.15) is 0 Å². The maximum absolute atomic E-state index is 14.1. The van der Waals surface area contributed by atoms with Crippen molar-refractivity contribution in [3.8, 4) is 0 Å². The van der Waals surface area contributed by atoms with E-state index in [0.29, 0.717) is 6.42 Å². The van der Waals surface area contributed by atoms with Crippen LogP contribution in [0.4, 0.5) is 0 Å². The third-order valence-corrected chi connectivity index (χ3v) is 12.0. The third kappa shape index (κ3) is 9.47. The summed E-state index contributed by atoms with van der Waals surface area (Å²) < 4.78 is 37.2. The summed E-state index contributed by atoms with van der Waals surface area (Å²) >= 11 is 0. The van der Waals surface area contributed by atoms with E-state index in [0.717, 1.165) is 0 Å². The number of hydrogen-bond acceptors (Lipinski definition) is 15. The number of carbonyl (C=O) groups is 1. The highest BCUT2D eigenvalue weighted by Gasteiger charge is 2.53. The molecule has 0 unspecified atom stereocenters. The van der Waals surface area contributed by atoms with Crippen LogP contribution in [0.2, 0.25) is 0 Å². The summed E-state index contributed by atoms with van der Waals surface area (Å²) in [5.74, 6) is -4.24. The number of likely N-dealkylation sites (N-methyl/N-ethyl adjacent to an activating group) is 1. The summed E-state index contributed by atoms with van der Waals surface area (Å²) in [6.07, 6.45) is -9.51. The molecule has 15 heteroatoms. The van der Waals surface area contributed by atoms with Gasteiger partial charge in [-0.05, 0) is 74.9 Å². The Bertz CT molecular complexity index is 1200. The highest BCUT2D eigenvalue weighted by molar-refractivity contribution is 5.88. The first-order valence-electron chi connectivity index (χ1n) is 18.7. The fourth-order valence-corrected chi connectivity index (χ4v) is 8.61. The SMILES string of the molecule is CC[C@H]1OC(=O)[C@H](C)[C@@H](O[C@H]2C[C@](C)(OC)[C@H](O)[C@@H](C)O2)[C@H](C)[C@@H](O[C@H]2O[C@H](C)C[C@H](N(C)C)[C@H]2O)[C@@](C)(O)C[C@@H](C)/C(=N/O)[C@H](C)[C@@H](O)[C@]1(C)O. The lowest BCUT2D eigenvalue weighted by atomic mass is 9.73. The fraction of sp³-hybridized carbons (Fsp3) is 0.946. The van der Waals surface area contributed by atoms with Crippen LogP contribution in [0.15, 0.2) is 5.16 Å². The van der Waals surface area contributed by atoms with Crippen molar-refractivity contribution in [2.45, 2.75) is 179 Å². The largest absolute Gasteiger partial charge is 0.459 e. The number of rotatable bonds is 7. The van der Waals surface area contributed by atoms with Crippen molar-refractivity contribution in [1.82, 2.24) is 4.90 Å². The number of carbonyl (C=O) groups excluding carboxylic acids is 1. The topological polar surface area (TPSA) is 209 Å². The van der Waals surface area contributed by atoms with Gasteiger partial charge in [0.1, 0.15) is 23.9 Å². The molecular formula is C37H68N2O13. The Morgan fingerprint density at radius 1 is 0.923 bits per heavy atom. The fourth-order valence-electron chi connectivity index (χ4n) is 8.61. The summed E-state index contributed by atoms with van der Waals surface area (Å²) in [7, 11) is 5.19. The van der Waals surface area contributed by atoms with E-state index in [1.807, 2.05) is 25.9 Å². The molecule has 3 aliphatic rings. The number of methoxy groups -OCH3 is 1. The van der Waals surface area contributed by atoms with E-state index in [-0.39, 0.29) is 37.1 Å². The lowest BCUT2D eigenvalue weighted by Crippen LogP contribution is -2.61. The minimum atomic E-state index is -1.97. The summed E-state index contributed by atoms with van der Waals surface area (Å²) in [5.41, 5.74) is -4.68. The van der Waals surface area contributed by atoms with E-state index in [9.17, 15) is 35.5 Å². The monoisotopic (exact) mass is 748 g/mol. The zero-order valence-electron chi connectivity index (χ0n) is 33.4. The van der Waals surface area contributed by atoms with Gasteiger partial charge in [0.2, 0.25) is 0 Å². The standard InChI is InChI=1S/C37H68N2O13/c1-14-25-37(10,45)30(41)20(4)27(38-46)18(2)16-35(8,44)32(52-34-28(40)24(39(11)12)15-19(3)48-34)21(5)29(22(6)33(43)50-25)51-26-17-36(9,47-13)31(42)23(7)49-26/h18-26,28-32,34,40-42,44-46H,14-17H2,1-13H3/b38-27-/t18-,19-,20+,21+,22-,23-,24+,25-,26+,28-,29+,30-,31-,32-,34-,35+,36+,37-/m1/s1. The van der Waals surface area contributed by atoms with Gasteiger partial charge in [0, 0.05) is 37.3 Å². The third-order valence-electron chi connectivity index (χ3n) is 12.0. The molecule has 3 aliphatic heterocycles. The average Bonchev–Trinajstić information content (AvgIpc) is 3.06. The Kier molecular flexibility index (Phi) is 15.1. The number of cyclic esters (lactones) is 1. The molecule has 0 spiro atoms. The molecule has 15 nitrogen and oxygen atoms in total. The highest BCUT2D eigenvalue weighted by atomic mass is 16.7. The zero-order chi connectivity index (χ0) is 39.7. The molecule has 3 rings (SSSR count). The summed E-state index contributed by atoms with van der Waals surface area (Å²) in [6, 6.07) is -0.322. The van der Waals surface area contributed by atoms with Crippen molar-refractivity contribution in [1.29, 1.82) is 0 Å². The molecular weight excluding hydrogens is 680 g/mol. The Balaban J connectivity index is 2.21. The molecule has 6 N–H and O–H groups in total. The second kappa shape index (κ2) is 17.5. The van der Waals surface area contributed by atoms with Crippen LogP contribution in [0.1, 0.15) is 94.9 Å². The molecule has 3 fully saturated rings. The van der Waals surface area contributed by atoms with Crippen LogP contribution < -0.4 is 0 Å².